The van der Waals surface area contributed by atoms with Gasteiger partial charge in [-0.15, -0.1) is 0 Å². The molecule has 0 aromatic carbocycles. The van der Waals surface area contributed by atoms with Crippen LogP contribution in [0.2, 0.25) is 0 Å². The Bertz CT molecular complexity index is 721. The number of nitrogens with two attached hydrogens (primary N) is 1. The molecule has 0 saturated carbocycles. The number of nitrogens with one attached hydrogen (secondary N) is 1. The van der Waals surface area contributed by atoms with Crippen LogP contribution >= 0.6 is 0 Å². The van der Waals surface area contributed by atoms with Crippen molar-refractivity contribution in [2.75, 3.05) is 33.2 Å². The number of carbonyl (C=O) groups excluding carboxylic acids is 2. The molecule has 3 heterocycles. The van der Waals surface area contributed by atoms with Crippen molar-refractivity contribution < 1.29 is 14.0 Å². The maximum absolute atomic E-state index is 11.8. The molecule has 1 spiro atoms. The third-order valence-electron chi connectivity index (χ3n) is 5.94. The lowest BCUT2D eigenvalue weighted by Crippen LogP contribution is -2.60. The third kappa shape index (κ3) is 4.19. The largest absolute Gasteiger partial charge is 0.455 e. The number of likely N-dealkylation sites (N-methyl/N-ethyl adjacent to an activating group) is 1. The van der Waals surface area contributed by atoms with Crippen LogP contribution in [0.1, 0.15) is 61.9 Å². The molecule has 2 amide bonds. The van der Waals surface area contributed by atoms with Crippen LogP contribution in [-0.2, 0) is 16.8 Å². The Morgan fingerprint density at radius 2 is 2.07 bits per heavy atom. The van der Waals surface area contributed by atoms with Gasteiger partial charge in [-0.3, -0.25) is 19.4 Å². The van der Waals surface area contributed by atoms with Crippen molar-refractivity contribution in [1.29, 1.82) is 0 Å². The van der Waals surface area contributed by atoms with Crippen LogP contribution in [0.3, 0.4) is 0 Å². The molecule has 7 heteroatoms. The summed E-state index contributed by atoms with van der Waals surface area (Å²) in [5.41, 5.74) is 6.27. The van der Waals surface area contributed by atoms with Crippen molar-refractivity contribution in [3.8, 4) is 0 Å². The van der Waals surface area contributed by atoms with E-state index < -0.39 is 5.91 Å². The highest BCUT2D eigenvalue weighted by Crippen LogP contribution is 2.33. The van der Waals surface area contributed by atoms with E-state index in [0.29, 0.717) is 6.42 Å². The maximum Gasteiger partial charge on any atom is 0.284 e. The summed E-state index contributed by atoms with van der Waals surface area (Å²) >= 11 is 0. The quantitative estimate of drug-likeness (QED) is 0.833. The number of rotatable bonds is 3. The van der Waals surface area contributed by atoms with E-state index in [1.807, 2.05) is 0 Å². The van der Waals surface area contributed by atoms with Crippen molar-refractivity contribution >= 4 is 11.8 Å². The van der Waals surface area contributed by atoms with Gasteiger partial charge in [0, 0.05) is 55.7 Å². The molecule has 0 aliphatic carbocycles. The lowest BCUT2D eigenvalue weighted by Gasteiger charge is -2.49. The van der Waals surface area contributed by atoms with Crippen molar-refractivity contribution in [3.63, 3.8) is 0 Å². The van der Waals surface area contributed by atoms with Gasteiger partial charge in [0.15, 0.2) is 5.76 Å². The molecular weight excluding hydrogens is 344 g/mol. The number of amides is 2. The molecule has 1 unspecified atom stereocenters. The summed E-state index contributed by atoms with van der Waals surface area (Å²) in [5, 5.41) is 3.00. The minimum absolute atomic E-state index is 0.00948. The van der Waals surface area contributed by atoms with Crippen LogP contribution in [0, 0.1) is 0 Å². The monoisotopic (exact) mass is 376 g/mol. The number of piperazine rings is 1. The predicted octanol–water partition coefficient (Wildman–Crippen LogP) is 1.46. The first-order valence-electron chi connectivity index (χ1n) is 9.74. The van der Waals surface area contributed by atoms with Crippen LogP contribution in [-0.4, -0.2) is 60.4 Å². The minimum atomic E-state index is -0.532. The molecule has 3 rings (SSSR count). The highest BCUT2D eigenvalue weighted by atomic mass is 16.4. The van der Waals surface area contributed by atoms with Crippen molar-refractivity contribution in [3.05, 3.63) is 23.2 Å². The Morgan fingerprint density at radius 3 is 2.74 bits per heavy atom. The van der Waals surface area contributed by atoms with Gasteiger partial charge in [-0.1, -0.05) is 20.8 Å². The smallest absolute Gasteiger partial charge is 0.284 e. The van der Waals surface area contributed by atoms with Crippen molar-refractivity contribution in [1.82, 2.24) is 15.1 Å². The Labute approximate surface area is 161 Å². The molecule has 2 aliphatic rings. The number of primary amides is 1. The van der Waals surface area contributed by atoms with Gasteiger partial charge in [0.2, 0.25) is 5.91 Å². The summed E-state index contributed by atoms with van der Waals surface area (Å²) in [5.74, 6) is 0.660. The van der Waals surface area contributed by atoms with E-state index >= 15 is 0 Å². The fourth-order valence-corrected chi connectivity index (χ4v) is 4.36. The molecule has 1 aromatic rings. The second-order valence-electron chi connectivity index (χ2n) is 9.04. The van der Waals surface area contributed by atoms with Crippen LogP contribution in [0.25, 0.3) is 0 Å². The van der Waals surface area contributed by atoms with Crippen molar-refractivity contribution in [2.45, 2.75) is 57.5 Å². The zero-order chi connectivity index (χ0) is 19.8. The molecule has 27 heavy (non-hydrogen) atoms. The predicted molar refractivity (Wildman–Crippen MR) is 103 cm³/mol. The number of hydrogen-bond donors (Lipinski definition) is 2. The summed E-state index contributed by atoms with van der Waals surface area (Å²) in [7, 11) is 2.16. The van der Waals surface area contributed by atoms with Crippen LogP contribution in [0.5, 0.6) is 0 Å². The summed E-state index contributed by atoms with van der Waals surface area (Å²) in [6.07, 6.45) is 2.40. The zero-order valence-corrected chi connectivity index (χ0v) is 16.9. The Kier molecular flexibility index (Phi) is 5.36. The molecule has 2 aliphatic heterocycles. The van der Waals surface area contributed by atoms with Gasteiger partial charge in [0.25, 0.3) is 5.91 Å². The van der Waals surface area contributed by atoms with E-state index in [2.05, 4.69) is 42.9 Å². The second kappa shape index (κ2) is 7.28. The summed E-state index contributed by atoms with van der Waals surface area (Å²) in [4.78, 5) is 28.3. The van der Waals surface area contributed by atoms with E-state index in [9.17, 15) is 9.59 Å². The summed E-state index contributed by atoms with van der Waals surface area (Å²) in [6.45, 7) is 10.5. The molecule has 1 aromatic heterocycles. The third-order valence-corrected chi connectivity index (χ3v) is 5.94. The topological polar surface area (TPSA) is 91.8 Å². The Balaban J connectivity index is 1.82. The van der Waals surface area contributed by atoms with E-state index in [1.54, 1.807) is 6.07 Å². The molecule has 7 nitrogen and oxygen atoms in total. The van der Waals surface area contributed by atoms with Crippen LogP contribution in [0.4, 0.5) is 0 Å². The number of carbonyl (C=O) groups is 2. The molecule has 1 atom stereocenters. The molecule has 0 radical (unpaired) electrons. The molecular formula is C20H32N4O3. The maximum atomic E-state index is 11.8. The van der Waals surface area contributed by atoms with Crippen LogP contribution < -0.4 is 11.1 Å². The van der Waals surface area contributed by atoms with Gasteiger partial charge in [-0.2, -0.15) is 0 Å². The molecule has 3 N–H and O–H groups in total. The van der Waals surface area contributed by atoms with E-state index in [-0.39, 0.29) is 22.6 Å². The molecule has 0 bridgehead atoms. The number of hydrogen-bond acceptors (Lipinski definition) is 5. The normalized spacial score (nSPS) is 25.4. The minimum Gasteiger partial charge on any atom is -0.455 e. The van der Waals surface area contributed by atoms with Crippen LogP contribution in [0.15, 0.2) is 10.5 Å². The number of nitrogens with zero attached hydrogens (tertiary/aromatic N) is 2. The Hall–Kier alpha value is -1.86. The van der Waals surface area contributed by atoms with Crippen molar-refractivity contribution in [2.24, 2.45) is 5.73 Å². The first-order valence-corrected chi connectivity index (χ1v) is 9.74. The molecule has 2 saturated heterocycles. The van der Waals surface area contributed by atoms with E-state index in [1.165, 1.54) is 0 Å². The fraction of sp³-hybridized carbons (Fsp3) is 0.700. The van der Waals surface area contributed by atoms with Gasteiger partial charge in [0.05, 0.1) is 0 Å². The Morgan fingerprint density at radius 1 is 1.33 bits per heavy atom. The highest BCUT2D eigenvalue weighted by Gasteiger charge is 2.41. The van der Waals surface area contributed by atoms with Gasteiger partial charge in [-0.25, -0.2) is 0 Å². The SMILES string of the molecule is CN1CCN(Cc2cc(C(N)=O)oc2C(C)(C)C)CC12CCNC(=O)CC2. The van der Waals surface area contributed by atoms with Gasteiger partial charge in [-0.05, 0) is 26.0 Å². The second-order valence-corrected chi connectivity index (χ2v) is 9.04. The summed E-state index contributed by atoms with van der Waals surface area (Å²) in [6, 6.07) is 1.80. The average molecular weight is 377 g/mol. The zero-order valence-electron chi connectivity index (χ0n) is 16.9. The first kappa shape index (κ1) is 19.9. The lowest BCUT2D eigenvalue weighted by molar-refractivity contribution is -0.121. The molecule has 2 fully saturated rings. The fourth-order valence-electron chi connectivity index (χ4n) is 4.36. The van der Waals surface area contributed by atoms with Gasteiger partial charge >= 0.3 is 0 Å². The van der Waals surface area contributed by atoms with E-state index in [0.717, 1.165) is 56.9 Å². The van der Waals surface area contributed by atoms with Gasteiger partial charge in [0.1, 0.15) is 5.76 Å². The van der Waals surface area contributed by atoms with E-state index in [4.69, 9.17) is 10.2 Å². The number of furan rings is 1. The molecule has 150 valence electrons. The summed E-state index contributed by atoms with van der Waals surface area (Å²) < 4.78 is 5.81. The van der Waals surface area contributed by atoms with Gasteiger partial charge < -0.3 is 15.5 Å². The lowest BCUT2D eigenvalue weighted by atomic mass is 9.85. The first-order chi connectivity index (χ1) is 12.6. The average Bonchev–Trinajstić information content (AvgIpc) is 2.92. The highest BCUT2D eigenvalue weighted by molar-refractivity contribution is 5.90. The standard InChI is InChI=1S/C20H32N4O3/c1-19(2,3)17-14(11-15(27-17)18(21)26)12-24-10-9-23(4)20(13-24)6-5-16(25)22-8-7-20/h11H,5-10,12-13H2,1-4H3,(H2,21,26)(H,22,25).